The number of rotatable bonds is 6. The summed E-state index contributed by atoms with van der Waals surface area (Å²) in [6.45, 7) is 9.58. The van der Waals surface area contributed by atoms with Crippen LogP contribution in [0.4, 0.5) is 5.69 Å². The summed E-state index contributed by atoms with van der Waals surface area (Å²) in [7, 11) is 0. The van der Waals surface area contributed by atoms with Gasteiger partial charge in [0.1, 0.15) is 5.75 Å². The van der Waals surface area contributed by atoms with Crippen LogP contribution >= 0.6 is 0 Å². The summed E-state index contributed by atoms with van der Waals surface area (Å²) in [5.41, 5.74) is 3.19. The molecule has 5 heteroatoms. The van der Waals surface area contributed by atoms with Crippen molar-refractivity contribution in [2.24, 2.45) is 0 Å². The Bertz CT molecular complexity index is 996. The van der Waals surface area contributed by atoms with Gasteiger partial charge in [0.25, 0.3) is 0 Å². The van der Waals surface area contributed by atoms with Gasteiger partial charge in [-0.05, 0) is 31.7 Å². The van der Waals surface area contributed by atoms with Crippen molar-refractivity contribution in [2.45, 2.75) is 13.8 Å². The normalized spacial score (nSPS) is 14.9. The van der Waals surface area contributed by atoms with E-state index in [9.17, 15) is 4.79 Å². The van der Waals surface area contributed by atoms with Crippen LogP contribution in [0.1, 0.15) is 29.8 Å². The maximum Gasteiger partial charge on any atom is 0.196 e. The Balaban J connectivity index is 1.84. The number of carbonyl (C=O) groups excluding carboxylic acids is 1. The molecule has 1 fully saturated rings. The molecule has 0 spiro atoms. The molecule has 0 amide bonds. The molecule has 0 atom stereocenters. The van der Waals surface area contributed by atoms with Crippen LogP contribution in [0.5, 0.6) is 5.75 Å². The Morgan fingerprint density at radius 2 is 1.79 bits per heavy atom. The van der Waals surface area contributed by atoms with Gasteiger partial charge in [-0.3, -0.25) is 9.78 Å². The molecule has 4 rings (SSSR count). The van der Waals surface area contributed by atoms with Gasteiger partial charge in [0.2, 0.25) is 0 Å². The Morgan fingerprint density at radius 1 is 1.03 bits per heavy atom. The highest BCUT2D eigenvalue weighted by Gasteiger charge is 2.24. The minimum Gasteiger partial charge on any atom is -0.494 e. The summed E-state index contributed by atoms with van der Waals surface area (Å²) >= 11 is 0. The number of benzene rings is 2. The van der Waals surface area contributed by atoms with Gasteiger partial charge < -0.3 is 14.5 Å². The molecule has 1 aliphatic rings. The molecule has 1 aliphatic heterocycles. The van der Waals surface area contributed by atoms with Crippen molar-refractivity contribution in [3.63, 3.8) is 0 Å². The van der Waals surface area contributed by atoms with Crippen molar-refractivity contribution in [1.82, 2.24) is 9.88 Å². The van der Waals surface area contributed by atoms with Gasteiger partial charge in [-0.1, -0.05) is 37.3 Å². The van der Waals surface area contributed by atoms with Gasteiger partial charge in [-0.2, -0.15) is 0 Å². The highest BCUT2D eigenvalue weighted by atomic mass is 16.5. The summed E-state index contributed by atoms with van der Waals surface area (Å²) in [6.07, 6.45) is 1.74. The highest BCUT2D eigenvalue weighted by molar-refractivity contribution is 6.16. The third kappa shape index (κ3) is 3.96. The number of hydrogen-bond acceptors (Lipinski definition) is 5. The number of likely N-dealkylation sites (N-methyl/N-ethyl adjacent to an activating group) is 1. The second-order valence-corrected chi connectivity index (χ2v) is 7.25. The monoisotopic (exact) mass is 389 g/mol. The molecule has 0 radical (unpaired) electrons. The first kappa shape index (κ1) is 19.4. The van der Waals surface area contributed by atoms with E-state index in [1.54, 1.807) is 6.20 Å². The van der Waals surface area contributed by atoms with E-state index in [-0.39, 0.29) is 5.78 Å². The second-order valence-electron chi connectivity index (χ2n) is 7.25. The van der Waals surface area contributed by atoms with E-state index in [0.29, 0.717) is 17.7 Å². The van der Waals surface area contributed by atoms with E-state index >= 15 is 0 Å². The Hall–Kier alpha value is -2.92. The molecule has 0 saturated carbocycles. The van der Waals surface area contributed by atoms with Crippen LogP contribution < -0.4 is 9.64 Å². The summed E-state index contributed by atoms with van der Waals surface area (Å²) in [5, 5.41) is 0.975. The topological polar surface area (TPSA) is 45.7 Å². The summed E-state index contributed by atoms with van der Waals surface area (Å²) < 4.78 is 5.74. The van der Waals surface area contributed by atoms with Crippen LogP contribution in [0.25, 0.3) is 10.9 Å². The molecule has 0 bridgehead atoms. The molecule has 0 aliphatic carbocycles. The molecule has 29 heavy (non-hydrogen) atoms. The fourth-order valence-electron chi connectivity index (χ4n) is 3.95. The number of aromatic nitrogens is 1. The number of piperazine rings is 1. The Morgan fingerprint density at radius 3 is 2.48 bits per heavy atom. The largest absolute Gasteiger partial charge is 0.494 e. The number of carbonyl (C=O) groups is 1. The molecule has 0 N–H and O–H groups in total. The molecule has 2 heterocycles. The molecule has 5 nitrogen and oxygen atoms in total. The Labute approximate surface area is 171 Å². The fourth-order valence-corrected chi connectivity index (χ4v) is 3.95. The zero-order chi connectivity index (χ0) is 20.2. The third-order valence-electron chi connectivity index (χ3n) is 5.54. The van der Waals surface area contributed by atoms with Gasteiger partial charge in [0.05, 0.1) is 23.4 Å². The first-order chi connectivity index (χ1) is 14.2. The van der Waals surface area contributed by atoms with Gasteiger partial charge in [-0.25, -0.2) is 0 Å². The molecule has 0 unspecified atom stereocenters. The molecule has 1 saturated heterocycles. The van der Waals surface area contributed by atoms with Crippen molar-refractivity contribution < 1.29 is 9.53 Å². The maximum absolute atomic E-state index is 13.4. The first-order valence-corrected chi connectivity index (χ1v) is 10.3. The van der Waals surface area contributed by atoms with E-state index in [2.05, 4.69) is 21.7 Å². The summed E-state index contributed by atoms with van der Waals surface area (Å²) in [6, 6.07) is 15.4. The van der Waals surface area contributed by atoms with E-state index < -0.39 is 0 Å². The van der Waals surface area contributed by atoms with Crippen molar-refractivity contribution in [3.8, 4) is 5.75 Å². The number of anilines is 1. The predicted molar refractivity (Wildman–Crippen MR) is 117 cm³/mol. The standard InChI is InChI=1S/C24H27N3O2/c1-3-26-12-14-27(15-13-26)23-20-16-19(29-4-2)10-11-22(20)25-17-21(23)24(28)18-8-6-5-7-9-18/h5-11,16-17H,3-4,12-15H2,1-2H3. The van der Waals surface area contributed by atoms with Crippen molar-refractivity contribution in [2.75, 3.05) is 44.2 Å². The van der Waals surface area contributed by atoms with E-state index in [1.807, 2.05) is 55.5 Å². The van der Waals surface area contributed by atoms with Gasteiger partial charge in [0, 0.05) is 43.3 Å². The zero-order valence-electron chi connectivity index (χ0n) is 17.1. The second kappa shape index (κ2) is 8.62. The van der Waals surface area contributed by atoms with E-state index in [1.165, 1.54) is 0 Å². The lowest BCUT2D eigenvalue weighted by atomic mass is 9.99. The molecular weight excluding hydrogens is 362 g/mol. The van der Waals surface area contributed by atoms with Crippen molar-refractivity contribution in [1.29, 1.82) is 0 Å². The smallest absolute Gasteiger partial charge is 0.196 e. The quantitative estimate of drug-likeness (QED) is 0.596. The van der Waals surface area contributed by atoms with Crippen LogP contribution in [-0.2, 0) is 0 Å². The minimum atomic E-state index is 0.00901. The number of hydrogen-bond donors (Lipinski definition) is 0. The lowest BCUT2D eigenvalue weighted by Crippen LogP contribution is -2.46. The van der Waals surface area contributed by atoms with E-state index in [4.69, 9.17) is 4.74 Å². The SMILES string of the molecule is CCOc1ccc2ncc(C(=O)c3ccccc3)c(N3CCN(CC)CC3)c2c1. The van der Waals surface area contributed by atoms with Crippen LogP contribution in [0.2, 0.25) is 0 Å². The van der Waals surface area contributed by atoms with E-state index in [0.717, 1.165) is 55.1 Å². The predicted octanol–water partition coefficient (Wildman–Crippen LogP) is 4.01. The highest BCUT2D eigenvalue weighted by Crippen LogP contribution is 2.34. The maximum atomic E-state index is 13.4. The molecular formula is C24H27N3O2. The van der Waals surface area contributed by atoms with Crippen molar-refractivity contribution in [3.05, 3.63) is 65.9 Å². The number of pyridine rings is 1. The zero-order valence-corrected chi connectivity index (χ0v) is 17.1. The van der Waals surface area contributed by atoms with Crippen LogP contribution in [0, 0.1) is 0 Å². The number of fused-ring (bicyclic) bond motifs is 1. The lowest BCUT2D eigenvalue weighted by molar-refractivity contribution is 0.103. The summed E-state index contributed by atoms with van der Waals surface area (Å²) in [4.78, 5) is 22.7. The average Bonchev–Trinajstić information content (AvgIpc) is 2.78. The molecule has 150 valence electrons. The summed E-state index contributed by atoms with van der Waals surface area (Å²) in [5.74, 6) is 0.814. The molecule has 2 aromatic carbocycles. The van der Waals surface area contributed by atoms with Gasteiger partial charge >= 0.3 is 0 Å². The average molecular weight is 389 g/mol. The number of ketones is 1. The Kier molecular flexibility index (Phi) is 5.76. The molecule has 1 aromatic heterocycles. The fraction of sp³-hybridized carbons (Fsp3) is 0.333. The van der Waals surface area contributed by atoms with Crippen LogP contribution in [0.15, 0.2) is 54.7 Å². The lowest BCUT2D eigenvalue weighted by Gasteiger charge is -2.36. The number of nitrogens with zero attached hydrogens (tertiary/aromatic N) is 3. The van der Waals surface area contributed by atoms with Gasteiger partial charge in [0.15, 0.2) is 5.78 Å². The first-order valence-electron chi connectivity index (χ1n) is 10.3. The minimum absolute atomic E-state index is 0.00901. The third-order valence-corrected chi connectivity index (χ3v) is 5.54. The molecule has 3 aromatic rings. The van der Waals surface area contributed by atoms with Crippen LogP contribution in [0.3, 0.4) is 0 Å². The van der Waals surface area contributed by atoms with Crippen LogP contribution in [-0.4, -0.2) is 55.0 Å². The van der Waals surface area contributed by atoms with Crippen molar-refractivity contribution >= 4 is 22.4 Å². The van der Waals surface area contributed by atoms with Gasteiger partial charge in [-0.15, -0.1) is 0 Å². The number of ether oxygens (including phenoxy) is 1.